The zero-order valence-electron chi connectivity index (χ0n) is 7.41. The zero-order chi connectivity index (χ0) is 10.7. The molecular weight excluding hydrogens is 214 g/mol. The molecule has 78 valence electrons. The largest absolute Gasteiger partial charge is 0.382 e. The van der Waals surface area contributed by atoms with E-state index in [4.69, 9.17) is 17.3 Å². The molecule has 1 aromatic heterocycles. The van der Waals surface area contributed by atoms with Gasteiger partial charge in [-0.3, -0.25) is 0 Å². The van der Waals surface area contributed by atoms with Crippen LogP contribution in [0.3, 0.4) is 0 Å². The van der Waals surface area contributed by atoms with Gasteiger partial charge in [0.15, 0.2) is 5.82 Å². The fourth-order valence-corrected chi connectivity index (χ4v) is 1.18. The van der Waals surface area contributed by atoms with Gasteiger partial charge in [-0.2, -0.15) is 0 Å². The van der Waals surface area contributed by atoms with Gasteiger partial charge >= 0.3 is 0 Å². The van der Waals surface area contributed by atoms with Crippen LogP contribution in [-0.2, 0) is 0 Å². The van der Waals surface area contributed by atoms with Gasteiger partial charge in [-0.15, -0.1) is 0 Å². The molecular formula is C7H9ClF2N4. The minimum absolute atomic E-state index is 0.0813. The Morgan fingerprint density at radius 2 is 2.21 bits per heavy atom. The van der Waals surface area contributed by atoms with E-state index in [1.54, 1.807) is 0 Å². The lowest BCUT2D eigenvalue weighted by Crippen LogP contribution is -2.25. The summed E-state index contributed by atoms with van der Waals surface area (Å²) in [7, 11) is 1.46. The van der Waals surface area contributed by atoms with E-state index in [0.29, 0.717) is 0 Å². The molecule has 2 N–H and O–H groups in total. The summed E-state index contributed by atoms with van der Waals surface area (Å²) in [6.07, 6.45) is -1.27. The van der Waals surface area contributed by atoms with E-state index in [0.717, 1.165) is 0 Å². The predicted octanol–water partition coefficient (Wildman–Crippen LogP) is 1.41. The van der Waals surface area contributed by atoms with Gasteiger partial charge in [0, 0.05) is 7.05 Å². The molecule has 4 nitrogen and oxygen atoms in total. The van der Waals surface area contributed by atoms with Crippen molar-refractivity contribution in [3.05, 3.63) is 11.3 Å². The Hall–Kier alpha value is -1.17. The summed E-state index contributed by atoms with van der Waals surface area (Å²) in [5.74, 6) is 0.289. The molecule has 0 unspecified atom stereocenters. The lowest BCUT2D eigenvalue weighted by molar-refractivity contribution is 0.156. The first-order chi connectivity index (χ1) is 6.52. The normalized spacial score (nSPS) is 10.6. The van der Waals surface area contributed by atoms with Gasteiger partial charge in [0.2, 0.25) is 0 Å². The smallest absolute Gasteiger partial charge is 0.255 e. The van der Waals surface area contributed by atoms with Crippen molar-refractivity contribution >= 4 is 23.2 Å². The van der Waals surface area contributed by atoms with Gasteiger partial charge in [0.1, 0.15) is 17.2 Å². The zero-order valence-corrected chi connectivity index (χ0v) is 8.17. The van der Waals surface area contributed by atoms with Crippen LogP contribution in [0.5, 0.6) is 0 Å². The average molecular weight is 223 g/mol. The van der Waals surface area contributed by atoms with Gasteiger partial charge in [-0.1, -0.05) is 11.6 Å². The number of hydrogen-bond acceptors (Lipinski definition) is 4. The number of rotatable bonds is 3. The monoisotopic (exact) mass is 222 g/mol. The van der Waals surface area contributed by atoms with Crippen molar-refractivity contribution in [2.24, 2.45) is 0 Å². The topological polar surface area (TPSA) is 55.0 Å². The third-order valence-corrected chi connectivity index (χ3v) is 1.93. The van der Waals surface area contributed by atoms with E-state index in [2.05, 4.69) is 9.97 Å². The second-order valence-electron chi connectivity index (χ2n) is 2.67. The maximum Gasteiger partial charge on any atom is 0.255 e. The molecule has 1 aromatic rings. The van der Waals surface area contributed by atoms with Crippen LogP contribution in [0, 0.1) is 0 Å². The second-order valence-corrected chi connectivity index (χ2v) is 3.05. The molecule has 0 aromatic carbocycles. The Balaban J connectivity index is 2.89. The van der Waals surface area contributed by atoms with E-state index in [1.807, 2.05) is 0 Å². The summed E-state index contributed by atoms with van der Waals surface area (Å²) in [5, 5.41) is 0.0932. The first-order valence-electron chi connectivity index (χ1n) is 3.77. The van der Waals surface area contributed by atoms with Gasteiger partial charge in [-0.25, -0.2) is 18.7 Å². The van der Waals surface area contributed by atoms with Crippen molar-refractivity contribution in [3.63, 3.8) is 0 Å². The quantitative estimate of drug-likeness (QED) is 0.840. The first-order valence-corrected chi connectivity index (χ1v) is 4.15. The third kappa shape index (κ3) is 2.41. The molecule has 0 radical (unpaired) electrons. The Bertz CT molecular complexity index is 321. The lowest BCUT2D eigenvalue weighted by Gasteiger charge is -2.18. The number of aromatic nitrogens is 2. The van der Waals surface area contributed by atoms with Crippen LogP contribution in [0.4, 0.5) is 20.4 Å². The number of alkyl halides is 2. The number of hydrogen-bond donors (Lipinski definition) is 1. The molecule has 0 aliphatic heterocycles. The van der Waals surface area contributed by atoms with Gasteiger partial charge in [-0.05, 0) is 0 Å². The summed E-state index contributed by atoms with van der Waals surface area (Å²) >= 11 is 5.73. The van der Waals surface area contributed by atoms with Crippen molar-refractivity contribution in [2.45, 2.75) is 6.43 Å². The molecule has 14 heavy (non-hydrogen) atoms. The van der Waals surface area contributed by atoms with Crippen LogP contribution in [0.25, 0.3) is 0 Å². The van der Waals surface area contributed by atoms with E-state index in [1.165, 1.54) is 18.3 Å². The molecule has 0 amide bonds. The maximum absolute atomic E-state index is 12.0. The highest BCUT2D eigenvalue weighted by atomic mass is 35.5. The minimum atomic E-state index is -2.45. The SMILES string of the molecule is CN(CC(F)F)c1ncnc(N)c1Cl. The highest BCUT2D eigenvalue weighted by Gasteiger charge is 2.14. The van der Waals surface area contributed by atoms with Crippen molar-refractivity contribution in [1.82, 2.24) is 9.97 Å². The molecule has 0 aliphatic rings. The third-order valence-electron chi connectivity index (χ3n) is 1.57. The molecule has 1 heterocycles. The number of nitrogens with zero attached hydrogens (tertiary/aromatic N) is 3. The Morgan fingerprint density at radius 1 is 1.57 bits per heavy atom. The Kier molecular flexibility index (Phi) is 3.40. The fourth-order valence-electron chi connectivity index (χ4n) is 0.933. The van der Waals surface area contributed by atoms with E-state index < -0.39 is 13.0 Å². The molecule has 7 heteroatoms. The highest BCUT2D eigenvalue weighted by Crippen LogP contribution is 2.26. The maximum atomic E-state index is 12.0. The van der Waals surface area contributed by atoms with Crippen molar-refractivity contribution in [1.29, 1.82) is 0 Å². The standard InChI is InChI=1S/C7H9ClF2N4/c1-14(2-4(9)10)7-5(8)6(11)12-3-13-7/h3-4H,2H2,1H3,(H2,11,12,13). The number of anilines is 2. The second kappa shape index (κ2) is 4.36. The fraction of sp³-hybridized carbons (Fsp3) is 0.429. The molecule has 0 bridgehead atoms. The molecule has 0 atom stereocenters. The number of halogens is 3. The van der Waals surface area contributed by atoms with Crippen LogP contribution < -0.4 is 10.6 Å². The van der Waals surface area contributed by atoms with Gasteiger partial charge in [0.05, 0.1) is 6.54 Å². The minimum Gasteiger partial charge on any atom is -0.382 e. The van der Waals surface area contributed by atoms with Crippen LogP contribution in [0.15, 0.2) is 6.33 Å². The number of nitrogens with two attached hydrogens (primary N) is 1. The summed E-state index contributed by atoms with van der Waals surface area (Å²) < 4.78 is 24.1. The Morgan fingerprint density at radius 3 is 2.79 bits per heavy atom. The average Bonchev–Trinajstić information content (AvgIpc) is 2.08. The molecule has 0 saturated heterocycles. The summed E-state index contributed by atoms with van der Waals surface area (Å²) in [6.45, 7) is -0.448. The molecule has 0 fully saturated rings. The summed E-state index contributed by atoms with van der Waals surface area (Å²) in [5.41, 5.74) is 5.39. The van der Waals surface area contributed by atoms with Gasteiger partial charge < -0.3 is 10.6 Å². The summed E-state index contributed by atoms with van der Waals surface area (Å²) in [4.78, 5) is 8.61. The highest BCUT2D eigenvalue weighted by molar-refractivity contribution is 6.35. The first kappa shape index (κ1) is 10.9. The van der Waals surface area contributed by atoms with Crippen LogP contribution in [0.1, 0.15) is 0 Å². The lowest BCUT2D eigenvalue weighted by atomic mass is 10.4. The van der Waals surface area contributed by atoms with Crippen LogP contribution in [-0.4, -0.2) is 30.0 Å². The van der Waals surface area contributed by atoms with Crippen LogP contribution in [0.2, 0.25) is 5.02 Å². The molecule has 0 saturated carbocycles. The van der Waals surface area contributed by atoms with E-state index in [9.17, 15) is 8.78 Å². The number of nitrogen functional groups attached to an aromatic ring is 1. The van der Waals surface area contributed by atoms with Crippen LogP contribution >= 0.6 is 11.6 Å². The predicted molar refractivity (Wildman–Crippen MR) is 50.7 cm³/mol. The molecule has 0 spiro atoms. The van der Waals surface area contributed by atoms with E-state index in [-0.39, 0.29) is 16.7 Å². The summed E-state index contributed by atoms with van der Waals surface area (Å²) in [6, 6.07) is 0. The van der Waals surface area contributed by atoms with Crippen molar-refractivity contribution in [3.8, 4) is 0 Å². The molecule has 1 rings (SSSR count). The van der Waals surface area contributed by atoms with Crippen molar-refractivity contribution in [2.75, 3.05) is 24.2 Å². The Labute approximate surface area is 84.7 Å². The van der Waals surface area contributed by atoms with E-state index >= 15 is 0 Å². The molecule has 0 aliphatic carbocycles. The van der Waals surface area contributed by atoms with Crippen molar-refractivity contribution < 1.29 is 8.78 Å². The van der Waals surface area contributed by atoms with Gasteiger partial charge in [0.25, 0.3) is 6.43 Å².